The minimum Gasteiger partial charge on any atom is -0.465 e. The lowest BCUT2D eigenvalue weighted by atomic mass is 9.69. The van der Waals surface area contributed by atoms with E-state index in [4.69, 9.17) is 9.47 Å². The van der Waals surface area contributed by atoms with Crippen LogP contribution >= 0.6 is 0 Å². The van der Waals surface area contributed by atoms with Crippen molar-refractivity contribution in [3.05, 3.63) is 89.5 Å². The molecule has 0 spiro atoms. The summed E-state index contributed by atoms with van der Waals surface area (Å²) in [6.45, 7) is 4.85. The molecule has 246 valence electrons. The summed E-state index contributed by atoms with van der Waals surface area (Å²) >= 11 is 0. The molecular formula is C35H43N3O7S. The molecule has 2 amide bonds. The summed E-state index contributed by atoms with van der Waals surface area (Å²) in [7, 11) is -2.27. The third-order valence-corrected chi connectivity index (χ3v) is 10.6. The molecule has 0 aliphatic carbocycles. The molecule has 3 N–H and O–H groups in total. The minimum absolute atomic E-state index is 0.0282. The Kier molecular flexibility index (Phi) is 10.3. The number of rotatable bonds is 12. The van der Waals surface area contributed by atoms with Gasteiger partial charge in [0, 0.05) is 55.9 Å². The standard InChI is InChI=1S/C35H43N3O7S/c1-24(2)25-14-16-28(17-15-25)46(42,43)37-27-20-26(21-38(22-27)34(40)41)33(39)36-23-35(18-8-9-19-44-3)29-10-4-6-12-31(29)45-32-13-7-5-11-30(32)35/h4-7,10-17,24,26-27,37H,8-9,18-23H2,1-3H3,(H,36,39)(H,40,41)/t26-,27+/m0/s1. The van der Waals surface area contributed by atoms with Gasteiger partial charge in [0.2, 0.25) is 15.9 Å². The second kappa shape index (κ2) is 14.2. The van der Waals surface area contributed by atoms with Crippen molar-refractivity contribution in [3.63, 3.8) is 0 Å². The molecule has 2 heterocycles. The van der Waals surface area contributed by atoms with Gasteiger partial charge in [-0.2, -0.15) is 0 Å². The predicted octanol–water partition coefficient (Wildman–Crippen LogP) is 5.48. The third kappa shape index (κ3) is 7.22. The number of nitrogens with one attached hydrogen (secondary N) is 2. The van der Waals surface area contributed by atoms with E-state index in [9.17, 15) is 23.1 Å². The van der Waals surface area contributed by atoms with Crippen LogP contribution in [0.25, 0.3) is 0 Å². The summed E-state index contributed by atoms with van der Waals surface area (Å²) in [5, 5.41) is 13.0. The highest BCUT2D eigenvalue weighted by Gasteiger charge is 2.43. The van der Waals surface area contributed by atoms with E-state index in [1.54, 1.807) is 31.4 Å². The molecular weight excluding hydrogens is 606 g/mol. The molecule has 0 bridgehead atoms. The number of ether oxygens (including phenoxy) is 2. The average molecular weight is 650 g/mol. The molecule has 0 unspecified atom stereocenters. The number of hydrogen-bond donors (Lipinski definition) is 3. The normalized spacial score (nSPS) is 18.7. The fraction of sp³-hybridized carbons (Fsp3) is 0.429. The second-order valence-electron chi connectivity index (χ2n) is 12.5. The van der Waals surface area contributed by atoms with Gasteiger partial charge in [-0.3, -0.25) is 4.79 Å². The van der Waals surface area contributed by atoms with Crippen molar-refractivity contribution in [3.8, 4) is 11.5 Å². The number of unbranched alkanes of at least 4 members (excludes halogenated alkanes) is 1. The molecule has 2 atom stereocenters. The van der Waals surface area contributed by atoms with E-state index in [-0.39, 0.29) is 42.8 Å². The van der Waals surface area contributed by atoms with Gasteiger partial charge in [-0.1, -0.05) is 62.4 Å². The van der Waals surface area contributed by atoms with Crippen molar-refractivity contribution >= 4 is 22.0 Å². The first-order chi connectivity index (χ1) is 22.0. The lowest BCUT2D eigenvalue weighted by Crippen LogP contribution is -2.56. The lowest BCUT2D eigenvalue weighted by Gasteiger charge is -2.41. The summed E-state index contributed by atoms with van der Waals surface area (Å²) in [4.78, 5) is 27.2. The molecule has 3 aromatic rings. The highest BCUT2D eigenvalue weighted by molar-refractivity contribution is 7.89. The van der Waals surface area contributed by atoms with Gasteiger partial charge in [-0.05, 0) is 61.4 Å². The maximum absolute atomic E-state index is 13.9. The Bertz CT molecular complexity index is 1600. The molecule has 46 heavy (non-hydrogen) atoms. The molecule has 1 fully saturated rings. The Balaban J connectivity index is 1.37. The predicted molar refractivity (Wildman–Crippen MR) is 175 cm³/mol. The first kappa shape index (κ1) is 33.4. The first-order valence-corrected chi connectivity index (χ1v) is 17.3. The molecule has 0 radical (unpaired) electrons. The minimum atomic E-state index is -3.95. The molecule has 1 saturated heterocycles. The number of carboxylic acid groups (broad SMARTS) is 1. The van der Waals surface area contributed by atoms with E-state index in [0.29, 0.717) is 6.61 Å². The van der Waals surface area contributed by atoms with Crippen molar-refractivity contribution in [2.75, 3.05) is 33.4 Å². The maximum atomic E-state index is 13.9. The summed E-state index contributed by atoms with van der Waals surface area (Å²) < 4.78 is 40.8. The smallest absolute Gasteiger partial charge is 0.407 e. The molecule has 0 saturated carbocycles. The van der Waals surface area contributed by atoms with Crippen molar-refractivity contribution in [1.29, 1.82) is 0 Å². The van der Waals surface area contributed by atoms with E-state index in [1.165, 1.54) is 0 Å². The lowest BCUT2D eigenvalue weighted by molar-refractivity contribution is -0.126. The van der Waals surface area contributed by atoms with Gasteiger partial charge in [-0.15, -0.1) is 0 Å². The third-order valence-electron chi connectivity index (χ3n) is 9.06. The van der Waals surface area contributed by atoms with E-state index in [2.05, 4.69) is 10.0 Å². The van der Waals surface area contributed by atoms with Crippen LogP contribution in [0.15, 0.2) is 77.7 Å². The number of likely N-dealkylation sites (tertiary alicyclic amines) is 1. The molecule has 5 rings (SSSR count). The number of hydrogen-bond acceptors (Lipinski definition) is 6. The summed E-state index contributed by atoms with van der Waals surface area (Å²) in [6, 6.07) is 21.5. The average Bonchev–Trinajstić information content (AvgIpc) is 3.05. The van der Waals surface area contributed by atoms with Crippen LogP contribution in [0, 0.1) is 5.92 Å². The quantitative estimate of drug-likeness (QED) is 0.221. The number of methoxy groups -OCH3 is 1. The highest BCUT2D eigenvalue weighted by Crippen LogP contribution is 2.50. The van der Waals surface area contributed by atoms with Crippen LogP contribution in [-0.4, -0.2) is 69.8 Å². The number of nitrogens with zero attached hydrogens (tertiary/aromatic N) is 1. The molecule has 10 nitrogen and oxygen atoms in total. The van der Waals surface area contributed by atoms with Crippen LogP contribution in [0.3, 0.4) is 0 Å². The fourth-order valence-corrected chi connectivity index (χ4v) is 7.86. The number of amides is 2. The van der Waals surface area contributed by atoms with E-state index < -0.39 is 33.5 Å². The SMILES string of the molecule is COCCCCC1(CNC(=O)[C@H]2C[C@@H](NS(=O)(=O)c3ccc(C(C)C)cc3)CN(C(=O)O)C2)c2ccccc2Oc2ccccc21. The summed E-state index contributed by atoms with van der Waals surface area (Å²) in [5.74, 6) is 0.630. The molecule has 2 aliphatic heterocycles. The zero-order valence-corrected chi connectivity index (χ0v) is 27.4. The zero-order chi connectivity index (χ0) is 32.9. The number of benzene rings is 3. The van der Waals surface area contributed by atoms with Crippen LogP contribution in [0.5, 0.6) is 11.5 Å². The first-order valence-electron chi connectivity index (χ1n) is 15.8. The number of carbonyl (C=O) groups is 2. The fourth-order valence-electron chi connectivity index (χ4n) is 6.62. The zero-order valence-electron chi connectivity index (χ0n) is 26.6. The largest absolute Gasteiger partial charge is 0.465 e. The number of fused-ring (bicyclic) bond motifs is 2. The Morgan fingerprint density at radius 1 is 0.978 bits per heavy atom. The van der Waals surface area contributed by atoms with Gasteiger partial charge in [-0.25, -0.2) is 17.9 Å². The van der Waals surface area contributed by atoms with Gasteiger partial charge < -0.3 is 24.8 Å². The van der Waals surface area contributed by atoms with Gasteiger partial charge in [0.15, 0.2) is 0 Å². The summed E-state index contributed by atoms with van der Waals surface area (Å²) in [6.07, 6.45) is 1.36. The molecule has 11 heteroatoms. The highest BCUT2D eigenvalue weighted by atomic mass is 32.2. The van der Waals surface area contributed by atoms with E-state index in [0.717, 1.165) is 52.4 Å². The van der Waals surface area contributed by atoms with Crippen LogP contribution < -0.4 is 14.8 Å². The van der Waals surface area contributed by atoms with Gasteiger partial charge in [0.05, 0.1) is 10.8 Å². The number of sulfonamides is 1. The van der Waals surface area contributed by atoms with Crippen LogP contribution in [-0.2, 0) is 25.0 Å². The van der Waals surface area contributed by atoms with Gasteiger partial charge in [0.1, 0.15) is 11.5 Å². The van der Waals surface area contributed by atoms with E-state index in [1.807, 2.05) is 62.4 Å². The van der Waals surface area contributed by atoms with Crippen molar-refractivity contribution in [2.45, 2.75) is 61.8 Å². The Morgan fingerprint density at radius 3 is 2.20 bits per heavy atom. The van der Waals surface area contributed by atoms with Gasteiger partial charge in [0.25, 0.3) is 0 Å². The van der Waals surface area contributed by atoms with Gasteiger partial charge >= 0.3 is 6.09 Å². The van der Waals surface area contributed by atoms with Crippen molar-refractivity contribution < 1.29 is 32.6 Å². The summed E-state index contributed by atoms with van der Waals surface area (Å²) in [5.41, 5.74) is 2.35. The maximum Gasteiger partial charge on any atom is 0.407 e. The monoisotopic (exact) mass is 649 g/mol. The van der Waals surface area contributed by atoms with Crippen LogP contribution in [0.2, 0.25) is 0 Å². The van der Waals surface area contributed by atoms with Crippen LogP contribution in [0.1, 0.15) is 62.1 Å². The second-order valence-corrected chi connectivity index (χ2v) is 14.2. The molecule has 2 aliphatic rings. The Labute approximate surface area is 271 Å². The van der Waals surface area contributed by atoms with Crippen LogP contribution in [0.4, 0.5) is 4.79 Å². The van der Waals surface area contributed by atoms with E-state index >= 15 is 0 Å². The Hall–Kier alpha value is -3.93. The number of carbonyl (C=O) groups excluding carboxylic acids is 1. The van der Waals surface area contributed by atoms with Crippen molar-refractivity contribution in [1.82, 2.24) is 14.9 Å². The topological polar surface area (TPSA) is 134 Å². The molecule has 0 aromatic heterocycles. The molecule has 3 aromatic carbocycles. The Morgan fingerprint density at radius 2 is 1.61 bits per heavy atom. The number of para-hydroxylation sites is 2. The van der Waals surface area contributed by atoms with Crippen molar-refractivity contribution in [2.24, 2.45) is 5.92 Å². The number of piperidine rings is 1.